The van der Waals surface area contributed by atoms with Crippen molar-refractivity contribution >= 4 is 15.9 Å². The normalized spacial score (nSPS) is 11.0. The molecule has 0 aliphatic heterocycles. The Balaban J connectivity index is 2.53. The van der Waals surface area contributed by atoms with E-state index in [2.05, 4.69) is 25.9 Å². The monoisotopic (exact) mass is 308 g/mol. The van der Waals surface area contributed by atoms with Crippen molar-refractivity contribution in [3.05, 3.63) is 46.1 Å². The number of aromatic nitrogens is 2. The van der Waals surface area contributed by atoms with Crippen LogP contribution in [0.15, 0.2) is 28.9 Å². The summed E-state index contributed by atoms with van der Waals surface area (Å²) in [6.45, 7) is 5.80. The van der Waals surface area contributed by atoms with Crippen LogP contribution in [0.5, 0.6) is 0 Å². The summed E-state index contributed by atoms with van der Waals surface area (Å²) in [5, 5.41) is 0. The Morgan fingerprint density at radius 2 is 1.89 bits per heavy atom. The van der Waals surface area contributed by atoms with E-state index in [1.54, 1.807) is 19.1 Å². The zero-order valence-electron chi connectivity index (χ0n) is 10.5. The molecule has 2 aromatic rings. The number of benzene rings is 1. The Kier molecular flexibility index (Phi) is 3.76. The molecule has 2 rings (SSSR count). The molecule has 1 aromatic carbocycles. The maximum absolute atomic E-state index is 13.6. The fourth-order valence-electron chi connectivity index (χ4n) is 1.59. The van der Waals surface area contributed by atoms with Gasteiger partial charge in [-0.2, -0.15) is 0 Å². The Bertz CT molecular complexity index is 582. The average molecular weight is 309 g/mol. The topological polar surface area (TPSA) is 25.8 Å². The standard InChI is InChI=1S/C14H14BrFN2/c1-8(2)14-17-12(7-13(15)18-14)10-5-4-9(3)11(16)6-10/h4-8H,1-3H3. The molecule has 0 atom stereocenters. The Morgan fingerprint density at radius 3 is 2.50 bits per heavy atom. The molecule has 94 valence electrons. The van der Waals surface area contributed by atoms with E-state index in [9.17, 15) is 4.39 Å². The summed E-state index contributed by atoms with van der Waals surface area (Å²) in [5.41, 5.74) is 2.14. The van der Waals surface area contributed by atoms with Gasteiger partial charge < -0.3 is 0 Å². The number of rotatable bonds is 2. The molecule has 0 aliphatic rings. The zero-order valence-corrected chi connectivity index (χ0v) is 12.1. The first kappa shape index (κ1) is 13.1. The minimum Gasteiger partial charge on any atom is -0.233 e. The first-order valence-electron chi connectivity index (χ1n) is 5.78. The molecular weight excluding hydrogens is 295 g/mol. The van der Waals surface area contributed by atoms with E-state index >= 15 is 0 Å². The largest absolute Gasteiger partial charge is 0.233 e. The number of nitrogens with zero attached hydrogens (tertiary/aromatic N) is 2. The van der Waals surface area contributed by atoms with Crippen LogP contribution in [-0.4, -0.2) is 9.97 Å². The van der Waals surface area contributed by atoms with Gasteiger partial charge in [-0.3, -0.25) is 0 Å². The molecule has 0 fully saturated rings. The van der Waals surface area contributed by atoms with Crippen molar-refractivity contribution in [2.24, 2.45) is 0 Å². The molecule has 0 amide bonds. The molecule has 18 heavy (non-hydrogen) atoms. The molecule has 2 nitrogen and oxygen atoms in total. The summed E-state index contributed by atoms with van der Waals surface area (Å²) in [6, 6.07) is 6.94. The van der Waals surface area contributed by atoms with Gasteiger partial charge in [-0.25, -0.2) is 14.4 Å². The molecule has 0 saturated carbocycles. The highest BCUT2D eigenvalue weighted by molar-refractivity contribution is 9.10. The first-order valence-corrected chi connectivity index (χ1v) is 6.57. The number of hydrogen-bond acceptors (Lipinski definition) is 2. The molecule has 0 spiro atoms. The lowest BCUT2D eigenvalue weighted by Crippen LogP contribution is -1.99. The van der Waals surface area contributed by atoms with Crippen LogP contribution in [0.4, 0.5) is 4.39 Å². The second kappa shape index (κ2) is 5.14. The molecule has 0 saturated heterocycles. The van der Waals surface area contributed by atoms with Gasteiger partial charge in [0, 0.05) is 11.5 Å². The van der Waals surface area contributed by atoms with Gasteiger partial charge in [-0.1, -0.05) is 26.0 Å². The maximum atomic E-state index is 13.6. The van der Waals surface area contributed by atoms with Crippen molar-refractivity contribution in [1.82, 2.24) is 9.97 Å². The smallest absolute Gasteiger partial charge is 0.132 e. The number of hydrogen-bond donors (Lipinski definition) is 0. The van der Waals surface area contributed by atoms with E-state index in [1.807, 2.05) is 19.9 Å². The predicted molar refractivity (Wildman–Crippen MR) is 74.0 cm³/mol. The van der Waals surface area contributed by atoms with E-state index in [1.165, 1.54) is 6.07 Å². The Morgan fingerprint density at radius 1 is 1.17 bits per heavy atom. The van der Waals surface area contributed by atoms with Crippen LogP contribution in [0.3, 0.4) is 0 Å². The fourth-order valence-corrected chi connectivity index (χ4v) is 1.99. The van der Waals surface area contributed by atoms with Gasteiger partial charge in [0.25, 0.3) is 0 Å². The van der Waals surface area contributed by atoms with E-state index in [4.69, 9.17) is 0 Å². The molecule has 1 heterocycles. The predicted octanol–water partition coefficient (Wildman–Crippen LogP) is 4.48. The van der Waals surface area contributed by atoms with Crippen molar-refractivity contribution in [1.29, 1.82) is 0 Å². The van der Waals surface area contributed by atoms with Crippen LogP contribution < -0.4 is 0 Å². The number of aryl methyl sites for hydroxylation is 1. The molecule has 0 N–H and O–H groups in total. The van der Waals surface area contributed by atoms with Gasteiger partial charge >= 0.3 is 0 Å². The van der Waals surface area contributed by atoms with Crippen molar-refractivity contribution in [3.8, 4) is 11.3 Å². The quantitative estimate of drug-likeness (QED) is 0.765. The Labute approximate surface area is 114 Å². The van der Waals surface area contributed by atoms with Crippen LogP contribution in [-0.2, 0) is 0 Å². The minimum atomic E-state index is -0.215. The second-order valence-electron chi connectivity index (χ2n) is 4.55. The van der Waals surface area contributed by atoms with Crippen molar-refractivity contribution < 1.29 is 4.39 Å². The third kappa shape index (κ3) is 2.75. The van der Waals surface area contributed by atoms with E-state index < -0.39 is 0 Å². The molecule has 0 unspecified atom stereocenters. The lowest BCUT2D eigenvalue weighted by molar-refractivity contribution is 0.619. The highest BCUT2D eigenvalue weighted by Crippen LogP contribution is 2.24. The summed E-state index contributed by atoms with van der Waals surface area (Å²) >= 11 is 3.37. The van der Waals surface area contributed by atoms with Crippen molar-refractivity contribution in [3.63, 3.8) is 0 Å². The molecule has 0 aliphatic carbocycles. The van der Waals surface area contributed by atoms with Crippen LogP contribution in [0, 0.1) is 12.7 Å². The average Bonchev–Trinajstić information content (AvgIpc) is 2.31. The highest BCUT2D eigenvalue weighted by atomic mass is 79.9. The van der Waals surface area contributed by atoms with Crippen molar-refractivity contribution in [2.75, 3.05) is 0 Å². The van der Waals surface area contributed by atoms with E-state index in [-0.39, 0.29) is 11.7 Å². The SMILES string of the molecule is Cc1ccc(-c2cc(Br)nc(C(C)C)n2)cc1F. The minimum absolute atomic E-state index is 0.215. The molecule has 1 aromatic heterocycles. The van der Waals surface area contributed by atoms with Crippen LogP contribution in [0.25, 0.3) is 11.3 Å². The molecule has 0 bridgehead atoms. The second-order valence-corrected chi connectivity index (χ2v) is 5.37. The van der Waals surface area contributed by atoms with Crippen LogP contribution in [0.2, 0.25) is 0 Å². The van der Waals surface area contributed by atoms with Gasteiger partial charge in [0.2, 0.25) is 0 Å². The maximum Gasteiger partial charge on any atom is 0.132 e. The van der Waals surface area contributed by atoms with Crippen LogP contribution >= 0.6 is 15.9 Å². The van der Waals surface area contributed by atoms with Gasteiger partial charge in [-0.05, 0) is 40.5 Å². The summed E-state index contributed by atoms with van der Waals surface area (Å²) in [6.07, 6.45) is 0. The number of halogens is 2. The first-order chi connectivity index (χ1) is 8.47. The summed E-state index contributed by atoms with van der Waals surface area (Å²) < 4.78 is 14.3. The highest BCUT2D eigenvalue weighted by Gasteiger charge is 2.09. The van der Waals surface area contributed by atoms with E-state index in [0.29, 0.717) is 5.56 Å². The van der Waals surface area contributed by atoms with Crippen LogP contribution in [0.1, 0.15) is 31.2 Å². The lowest BCUT2D eigenvalue weighted by Gasteiger charge is -2.08. The fraction of sp³-hybridized carbons (Fsp3) is 0.286. The molecular formula is C14H14BrFN2. The lowest BCUT2D eigenvalue weighted by atomic mass is 10.1. The summed E-state index contributed by atoms with van der Waals surface area (Å²) in [7, 11) is 0. The molecule has 4 heteroatoms. The van der Waals surface area contributed by atoms with Gasteiger partial charge in [0.15, 0.2) is 0 Å². The van der Waals surface area contributed by atoms with Crippen molar-refractivity contribution in [2.45, 2.75) is 26.7 Å². The zero-order chi connectivity index (χ0) is 13.3. The third-order valence-corrected chi connectivity index (χ3v) is 3.10. The third-order valence-electron chi connectivity index (χ3n) is 2.70. The van der Waals surface area contributed by atoms with Gasteiger partial charge in [0.1, 0.15) is 16.2 Å². The summed E-state index contributed by atoms with van der Waals surface area (Å²) in [4.78, 5) is 8.78. The van der Waals surface area contributed by atoms with Gasteiger partial charge in [0.05, 0.1) is 5.69 Å². The molecule has 0 radical (unpaired) electrons. The summed E-state index contributed by atoms with van der Waals surface area (Å²) in [5.74, 6) is 0.769. The van der Waals surface area contributed by atoms with Gasteiger partial charge in [-0.15, -0.1) is 0 Å². The Hall–Kier alpha value is -1.29. The van der Waals surface area contributed by atoms with E-state index in [0.717, 1.165) is 21.7 Å².